The van der Waals surface area contributed by atoms with Crippen LogP contribution in [0.2, 0.25) is 0 Å². The lowest BCUT2D eigenvalue weighted by Crippen LogP contribution is -2.71. The van der Waals surface area contributed by atoms with E-state index in [2.05, 4.69) is 0 Å². The highest BCUT2D eigenvalue weighted by Gasteiger charge is 2.92. The molecule has 0 aliphatic heterocycles. The number of hydrogen-bond acceptors (Lipinski definition) is 0. The minimum absolute atomic E-state index is 1.14. The SMILES string of the molecule is FC(F)(F)C(F)(F)C(F)(F)C(F)(F)C(F)(F)C(F)(I)C(F)(F)F. The number of alkyl halides is 16. The lowest BCUT2D eigenvalue weighted by Gasteiger charge is -2.40. The molecule has 0 aliphatic carbocycles. The first-order valence-electron chi connectivity index (χ1n) is 4.52. The van der Waals surface area contributed by atoms with Crippen molar-refractivity contribution in [2.45, 2.75) is 39.7 Å². The number of halogens is 16. The van der Waals surface area contributed by atoms with E-state index in [0.717, 1.165) is 0 Å². The van der Waals surface area contributed by atoms with E-state index >= 15 is 0 Å². The monoisotopic (exact) mass is 496 g/mol. The van der Waals surface area contributed by atoms with Crippen molar-refractivity contribution in [3.05, 3.63) is 0 Å². The Labute approximate surface area is 129 Å². The summed E-state index contributed by atoms with van der Waals surface area (Å²) in [6.45, 7) is 0. The maximum Gasteiger partial charge on any atom is 0.460 e. The number of rotatable bonds is 4. The summed E-state index contributed by atoms with van der Waals surface area (Å²) in [7, 11) is 0. The Bertz CT molecular complexity index is 400. The van der Waals surface area contributed by atoms with Crippen LogP contribution in [0.4, 0.5) is 65.9 Å². The van der Waals surface area contributed by atoms with Gasteiger partial charge in [-0.1, -0.05) is 0 Å². The first-order chi connectivity index (χ1) is 9.50. The maximum atomic E-state index is 12.9. The molecule has 0 heterocycles. The Morgan fingerprint density at radius 1 is 0.348 bits per heavy atom. The third kappa shape index (κ3) is 2.91. The smallest absolute Gasteiger partial charge is 0.215 e. The highest BCUT2D eigenvalue weighted by molar-refractivity contribution is 14.1. The van der Waals surface area contributed by atoms with E-state index in [4.69, 9.17) is 0 Å². The van der Waals surface area contributed by atoms with Gasteiger partial charge in [-0.3, -0.25) is 0 Å². The molecule has 0 saturated heterocycles. The minimum atomic E-state index is -8.10. The van der Waals surface area contributed by atoms with Crippen LogP contribution in [0, 0.1) is 0 Å². The van der Waals surface area contributed by atoms with Crippen LogP contribution in [-0.2, 0) is 0 Å². The van der Waals surface area contributed by atoms with Crippen molar-refractivity contribution in [1.82, 2.24) is 0 Å². The molecule has 16 heteroatoms. The standard InChI is InChI=1S/C7F15I/c8-1(9,2(10,11)4(14,15)6(17,18)19)3(12,13)5(16,23)7(20,21)22. The molecule has 0 spiro atoms. The van der Waals surface area contributed by atoms with E-state index in [1.165, 1.54) is 0 Å². The second kappa shape index (κ2) is 5.34. The van der Waals surface area contributed by atoms with Gasteiger partial charge in [-0.25, -0.2) is 4.39 Å². The van der Waals surface area contributed by atoms with Gasteiger partial charge in [0.2, 0.25) is 0 Å². The highest BCUT2D eigenvalue weighted by atomic mass is 127. The maximum absolute atomic E-state index is 12.9. The van der Waals surface area contributed by atoms with E-state index in [9.17, 15) is 65.9 Å². The van der Waals surface area contributed by atoms with E-state index in [1.54, 1.807) is 0 Å². The zero-order valence-corrected chi connectivity index (χ0v) is 11.7. The predicted molar refractivity (Wildman–Crippen MR) is 49.8 cm³/mol. The normalized spacial score (nSPS) is 18.8. The van der Waals surface area contributed by atoms with Gasteiger partial charge in [0.15, 0.2) is 0 Å². The molecule has 1 atom stereocenters. The van der Waals surface area contributed by atoms with E-state index in [1.807, 2.05) is 0 Å². The molecule has 0 aliphatic rings. The highest BCUT2D eigenvalue weighted by Crippen LogP contribution is 2.63. The summed E-state index contributed by atoms with van der Waals surface area (Å²) >= 11 is -1.14. The Morgan fingerprint density at radius 3 is 0.826 bits per heavy atom. The summed E-state index contributed by atoms with van der Waals surface area (Å²) in [6, 6.07) is 0. The Hall–Kier alpha value is -0.320. The zero-order chi connectivity index (χ0) is 19.5. The Balaban J connectivity index is 6.37. The van der Waals surface area contributed by atoms with Gasteiger partial charge in [0.1, 0.15) is 0 Å². The van der Waals surface area contributed by atoms with E-state index in [0.29, 0.717) is 0 Å². The van der Waals surface area contributed by atoms with E-state index in [-0.39, 0.29) is 0 Å². The molecule has 0 rings (SSSR count). The molecule has 0 aromatic rings. The molecule has 1 unspecified atom stereocenters. The quantitative estimate of drug-likeness (QED) is 0.264. The summed E-state index contributed by atoms with van der Waals surface area (Å²) in [5, 5.41) is 0. The second-order valence-corrected chi connectivity index (χ2v) is 5.35. The van der Waals surface area contributed by atoms with Crippen molar-refractivity contribution < 1.29 is 65.9 Å². The van der Waals surface area contributed by atoms with Crippen molar-refractivity contribution in [1.29, 1.82) is 0 Å². The van der Waals surface area contributed by atoms with Gasteiger partial charge in [0.25, 0.3) is 0 Å². The molecular weight excluding hydrogens is 496 g/mol. The van der Waals surface area contributed by atoms with Crippen LogP contribution in [0.1, 0.15) is 0 Å². The molecule has 0 N–H and O–H groups in total. The molecule has 140 valence electrons. The number of hydrogen-bond donors (Lipinski definition) is 0. The third-order valence-electron chi connectivity index (χ3n) is 2.29. The molecule has 0 radical (unpaired) electrons. The van der Waals surface area contributed by atoms with Crippen LogP contribution >= 0.6 is 22.6 Å². The fourth-order valence-corrected chi connectivity index (χ4v) is 1.29. The lowest BCUT2D eigenvalue weighted by atomic mass is 9.95. The molecule has 0 bridgehead atoms. The summed E-state index contributed by atoms with van der Waals surface area (Å²) in [5.41, 5.74) is 0. The van der Waals surface area contributed by atoms with Crippen LogP contribution in [0.3, 0.4) is 0 Å². The van der Waals surface area contributed by atoms with Crippen LogP contribution < -0.4 is 0 Å². The molecule has 0 amide bonds. The first kappa shape index (κ1) is 22.7. The molecule has 0 nitrogen and oxygen atoms in total. The van der Waals surface area contributed by atoms with Gasteiger partial charge in [-0.05, 0) is 22.6 Å². The second-order valence-electron chi connectivity index (χ2n) is 3.87. The molecule has 0 aromatic heterocycles. The van der Waals surface area contributed by atoms with Gasteiger partial charge in [0, 0.05) is 0 Å². The van der Waals surface area contributed by atoms with Crippen molar-refractivity contribution in [2.24, 2.45) is 0 Å². The minimum Gasteiger partial charge on any atom is -0.215 e. The molecule has 23 heavy (non-hydrogen) atoms. The van der Waals surface area contributed by atoms with E-state index < -0.39 is 62.3 Å². The predicted octanol–water partition coefficient (Wildman–Crippen LogP) is 5.75. The third-order valence-corrected chi connectivity index (χ3v) is 3.58. The average molecular weight is 496 g/mol. The van der Waals surface area contributed by atoms with Crippen molar-refractivity contribution >= 4 is 22.6 Å². The van der Waals surface area contributed by atoms with Crippen LogP contribution in [-0.4, -0.2) is 39.7 Å². The zero-order valence-electron chi connectivity index (χ0n) is 9.55. The van der Waals surface area contributed by atoms with Crippen molar-refractivity contribution in [3.63, 3.8) is 0 Å². The molecular formula is C7F15I. The van der Waals surface area contributed by atoms with Gasteiger partial charge >= 0.3 is 39.7 Å². The Kier molecular flexibility index (Phi) is 5.26. The average Bonchev–Trinajstić information content (AvgIpc) is 2.24. The summed E-state index contributed by atoms with van der Waals surface area (Å²) in [4.78, 5) is 0. The summed E-state index contributed by atoms with van der Waals surface area (Å²) in [5.74, 6) is -31.7. The molecule has 0 saturated carbocycles. The van der Waals surface area contributed by atoms with Crippen LogP contribution in [0.25, 0.3) is 0 Å². The van der Waals surface area contributed by atoms with Gasteiger partial charge in [-0.2, -0.15) is 61.5 Å². The Morgan fingerprint density at radius 2 is 0.609 bits per heavy atom. The van der Waals surface area contributed by atoms with Crippen molar-refractivity contribution in [2.75, 3.05) is 0 Å². The fourth-order valence-electron chi connectivity index (χ4n) is 0.948. The van der Waals surface area contributed by atoms with Gasteiger partial charge in [-0.15, -0.1) is 0 Å². The largest absolute Gasteiger partial charge is 0.460 e. The molecule has 0 aromatic carbocycles. The summed E-state index contributed by atoms with van der Waals surface area (Å²) in [6.07, 6.45) is -14.6. The van der Waals surface area contributed by atoms with Crippen molar-refractivity contribution in [3.8, 4) is 0 Å². The van der Waals surface area contributed by atoms with Crippen LogP contribution in [0.5, 0.6) is 0 Å². The first-order valence-corrected chi connectivity index (χ1v) is 5.60. The van der Waals surface area contributed by atoms with Gasteiger partial charge in [0.05, 0.1) is 0 Å². The fraction of sp³-hybridized carbons (Fsp3) is 1.00. The lowest BCUT2D eigenvalue weighted by molar-refractivity contribution is -0.435. The van der Waals surface area contributed by atoms with Crippen LogP contribution in [0.15, 0.2) is 0 Å². The topological polar surface area (TPSA) is 0 Å². The molecule has 0 fully saturated rings. The van der Waals surface area contributed by atoms with Gasteiger partial charge < -0.3 is 0 Å². The summed E-state index contributed by atoms with van der Waals surface area (Å²) < 4.78 is 178.